The molecular formula is C17H23FN2O3S. The molecule has 0 heterocycles. The van der Waals surface area contributed by atoms with Crippen molar-refractivity contribution in [2.45, 2.75) is 38.3 Å². The Kier molecular flexibility index (Phi) is 4.92. The molecule has 0 radical (unpaired) electrons. The van der Waals surface area contributed by atoms with Crippen molar-refractivity contribution in [1.82, 2.24) is 9.62 Å². The van der Waals surface area contributed by atoms with Crippen LogP contribution in [0.1, 0.15) is 31.2 Å². The van der Waals surface area contributed by atoms with E-state index in [4.69, 9.17) is 0 Å². The summed E-state index contributed by atoms with van der Waals surface area (Å²) in [6, 6.07) is 6.16. The number of nitrogens with zero attached hydrogens (tertiary/aromatic N) is 1. The molecule has 2 saturated carbocycles. The molecule has 2 fully saturated rings. The lowest BCUT2D eigenvalue weighted by atomic mass is 9.95. The molecule has 2 bridgehead atoms. The van der Waals surface area contributed by atoms with Gasteiger partial charge in [0.15, 0.2) is 0 Å². The predicted octanol–water partition coefficient (Wildman–Crippen LogP) is 1.89. The molecule has 132 valence electrons. The maximum atomic E-state index is 13.8. The first kappa shape index (κ1) is 17.4. The number of halogens is 1. The third-order valence-electron chi connectivity index (χ3n) is 5.18. The summed E-state index contributed by atoms with van der Waals surface area (Å²) in [4.78, 5) is 12.3. The van der Waals surface area contributed by atoms with Crippen LogP contribution in [0.15, 0.2) is 24.3 Å². The zero-order chi connectivity index (χ0) is 17.3. The van der Waals surface area contributed by atoms with Crippen LogP contribution in [-0.2, 0) is 21.4 Å². The topological polar surface area (TPSA) is 66.5 Å². The molecule has 0 spiro atoms. The fourth-order valence-corrected chi connectivity index (χ4v) is 4.67. The number of hydrogen-bond acceptors (Lipinski definition) is 3. The summed E-state index contributed by atoms with van der Waals surface area (Å²) in [5, 5.41) is 2.97. The summed E-state index contributed by atoms with van der Waals surface area (Å²) in [6.07, 6.45) is 5.57. The monoisotopic (exact) mass is 354 g/mol. The number of hydrogen-bond donors (Lipinski definition) is 1. The van der Waals surface area contributed by atoms with Gasteiger partial charge in [-0.25, -0.2) is 12.8 Å². The predicted molar refractivity (Wildman–Crippen MR) is 89.0 cm³/mol. The van der Waals surface area contributed by atoms with Gasteiger partial charge in [-0.05, 0) is 37.2 Å². The van der Waals surface area contributed by atoms with Gasteiger partial charge in [0.25, 0.3) is 0 Å². The molecule has 1 amide bonds. The molecule has 24 heavy (non-hydrogen) atoms. The fraction of sp³-hybridized carbons (Fsp3) is 0.588. The van der Waals surface area contributed by atoms with E-state index < -0.39 is 15.8 Å². The highest BCUT2D eigenvalue weighted by atomic mass is 32.2. The maximum absolute atomic E-state index is 13.8. The molecule has 1 aromatic rings. The molecule has 5 nitrogen and oxygen atoms in total. The van der Waals surface area contributed by atoms with Gasteiger partial charge in [-0.15, -0.1) is 0 Å². The van der Waals surface area contributed by atoms with Crippen LogP contribution in [0.25, 0.3) is 0 Å². The van der Waals surface area contributed by atoms with Crippen LogP contribution in [0.4, 0.5) is 4.39 Å². The first-order valence-corrected chi connectivity index (χ1v) is 10.2. The average Bonchev–Trinajstić information content (AvgIpc) is 3.10. The molecule has 3 atom stereocenters. The number of fused-ring (bicyclic) bond motifs is 2. The second-order valence-electron chi connectivity index (χ2n) is 6.97. The van der Waals surface area contributed by atoms with Gasteiger partial charge in [0.2, 0.25) is 15.9 Å². The van der Waals surface area contributed by atoms with Crippen LogP contribution in [0.3, 0.4) is 0 Å². The van der Waals surface area contributed by atoms with E-state index in [1.165, 1.54) is 18.6 Å². The molecule has 0 aromatic heterocycles. The Labute approximate surface area is 142 Å². The van der Waals surface area contributed by atoms with E-state index in [0.29, 0.717) is 11.8 Å². The van der Waals surface area contributed by atoms with E-state index in [1.807, 2.05) is 0 Å². The van der Waals surface area contributed by atoms with Crippen LogP contribution in [0.2, 0.25) is 0 Å². The Hall–Kier alpha value is -1.47. The molecule has 3 rings (SSSR count). The summed E-state index contributed by atoms with van der Waals surface area (Å²) in [5.41, 5.74) is 0.260. The highest BCUT2D eigenvalue weighted by molar-refractivity contribution is 7.88. The van der Waals surface area contributed by atoms with Gasteiger partial charge < -0.3 is 5.32 Å². The largest absolute Gasteiger partial charge is 0.352 e. The SMILES string of the molecule is CS(=O)(=O)N(CC(=O)N[C@@H]1C[C@H]2CC[C@H]1C2)Cc1ccccc1F. The van der Waals surface area contributed by atoms with E-state index in [2.05, 4.69) is 5.32 Å². The van der Waals surface area contributed by atoms with Crippen LogP contribution >= 0.6 is 0 Å². The number of amides is 1. The van der Waals surface area contributed by atoms with Crippen LogP contribution in [0.5, 0.6) is 0 Å². The number of benzene rings is 1. The molecule has 2 aliphatic carbocycles. The summed E-state index contributed by atoms with van der Waals surface area (Å²) in [6.45, 7) is -0.420. The van der Waals surface area contributed by atoms with E-state index >= 15 is 0 Å². The maximum Gasteiger partial charge on any atom is 0.235 e. The van der Waals surface area contributed by atoms with Crippen molar-refractivity contribution in [3.05, 3.63) is 35.6 Å². The Morgan fingerprint density at radius 1 is 1.29 bits per heavy atom. The van der Waals surface area contributed by atoms with Crippen LogP contribution in [-0.4, -0.2) is 37.5 Å². The molecule has 7 heteroatoms. The molecule has 2 aliphatic rings. The first-order chi connectivity index (χ1) is 11.3. The number of nitrogens with one attached hydrogen (secondary N) is 1. The lowest BCUT2D eigenvalue weighted by Gasteiger charge is -2.25. The van der Waals surface area contributed by atoms with Crippen LogP contribution in [0, 0.1) is 17.7 Å². The van der Waals surface area contributed by atoms with Crippen molar-refractivity contribution in [3.8, 4) is 0 Å². The minimum Gasteiger partial charge on any atom is -0.352 e. The van der Waals surface area contributed by atoms with E-state index in [-0.39, 0.29) is 30.6 Å². The Morgan fingerprint density at radius 3 is 2.62 bits per heavy atom. The second-order valence-corrected chi connectivity index (χ2v) is 8.95. The smallest absolute Gasteiger partial charge is 0.235 e. The van der Waals surface area contributed by atoms with Gasteiger partial charge in [0, 0.05) is 18.2 Å². The molecule has 0 saturated heterocycles. The molecule has 1 aromatic carbocycles. The molecular weight excluding hydrogens is 331 g/mol. The Morgan fingerprint density at radius 2 is 2.04 bits per heavy atom. The summed E-state index contributed by atoms with van der Waals surface area (Å²) < 4.78 is 38.7. The number of carbonyl (C=O) groups is 1. The second kappa shape index (κ2) is 6.80. The number of carbonyl (C=O) groups excluding carboxylic acids is 1. The average molecular weight is 354 g/mol. The van der Waals surface area contributed by atoms with Gasteiger partial charge >= 0.3 is 0 Å². The Balaban J connectivity index is 1.64. The van der Waals surface area contributed by atoms with Gasteiger partial charge in [-0.2, -0.15) is 4.31 Å². The zero-order valence-electron chi connectivity index (χ0n) is 13.7. The van der Waals surface area contributed by atoms with Crippen LogP contribution < -0.4 is 5.32 Å². The van der Waals surface area contributed by atoms with Crippen molar-refractivity contribution >= 4 is 15.9 Å². The Bertz CT molecular complexity index is 722. The third-order valence-corrected chi connectivity index (χ3v) is 6.37. The number of rotatable bonds is 6. The lowest BCUT2D eigenvalue weighted by Crippen LogP contribution is -2.45. The minimum atomic E-state index is -3.61. The summed E-state index contributed by atoms with van der Waals surface area (Å²) in [5.74, 6) is 0.441. The molecule has 0 aliphatic heterocycles. The third kappa shape index (κ3) is 3.95. The standard InChI is InChI=1S/C17H23FN2O3S/c1-24(22,23)20(10-14-4-2-3-5-15(14)18)11-17(21)19-16-9-12-6-7-13(16)8-12/h2-5,12-13,16H,6-11H2,1H3,(H,19,21)/t12-,13-,16+/m0/s1. The molecule has 0 unspecified atom stereocenters. The van der Waals surface area contributed by atoms with E-state index in [0.717, 1.165) is 29.8 Å². The zero-order valence-corrected chi connectivity index (χ0v) is 14.6. The lowest BCUT2D eigenvalue weighted by molar-refractivity contribution is -0.122. The van der Waals surface area contributed by atoms with Gasteiger partial charge in [-0.1, -0.05) is 24.6 Å². The van der Waals surface area contributed by atoms with Gasteiger partial charge in [0.05, 0.1) is 12.8 Å². The fourth-order valence-electron chi connectivity index (χ4n) is 3.94. The normalized spacial score (nSPS) is 26.0. The van der Waals surface area contributed by atoms with Gasteiger partial charge in [0.1, 0.15) is 5.82 Å². The first-order valence-electron chi connectivity index (χ1n) is 8.31. The highest BCUT2D eigenvalue weighted by Crippen LogP contribution is 2.44. The van der Waals surface area contributed by atoms with Crippen molar-refractivity contribution in [1.29, 1.82) is 0 Å². The summed E-state index contributed by atoms with van der Waals surface area (Å²) in [7, 11) is -3.61. The van der Waals surface area contributed by atoms with E-state index in [1.54, 1.807) is 12.1 Å². The van der Waals surface area contributed by atoms with Gasteiger partial charge in [-0.3, -0.25) is 4.79 Å². The highest BCUT2D eigenvalue weighted by Gasteiger charge is 2.40. The quantitative estimate of drug-likeness (QED) is 0.848. The molecule has 1 N–H and O–H groups in total. The number of sulfonamides is 1. The van der Waals surface area contributed by atoms with Crippen molar-refractivity contribution < 1.29 is 17.6 Å². The van der Waals surface area contributed by atoms with E-state index in [9.17, 15) is 17.6 Å². The van der Waals surface area contributed by atoms with Crippen molar-refractivity contribution in [3.63, 3.8) is 0 Å². The van der Waals surface area contributed by atoms with Crippen molar-refractivity contribution in [2.75, 3.05) is 12.8 Å². The summed E-state index contributed by atoms with van der Waals surface area (Å²) >= 11 is 0. The van der Waals surface area contributed by atoms with Crippen molar-refractivity contribution in [2.24, 2.45) is 11.8 Å². The minimum absolute atomic E-state index is 0.143.